The summed E-state index contributed by atoms with van der Waals surface area (Å²) >= 11 is 0. The van der Waals surface area contributed by atoms with Gasteiger partial charge in [0.2, 0.25) is 11.8 Å². The largest absolute Gasteiger partial charge is 0.463 e. The molecule has 2 N–H and O–H groups in total. The van der Waals surface area contributed by atoms with E-state index in [2.05, 4.69) is 30.6 Å². The molecule has 4 rings (SSSR count). The monoisotopic (exact) mass is 415 g/mol. The van der Waals surface area contributed by atoms with E-state index < -0.39 is 24.5 Å². The third kappa shape index (κ3) is 3.95. The molecule has 156 valence electrons. The SMILES string of the molecule is CC(Oc1c(-c2cn[nH]c2)ncc2nc(N[C@H]3CCOC[C@H]3F)nn12)C(F)(F)F. The van der Waals surface area contributed by atoms with Gasteiger partial charge in [-0.2, -0.15) is 27.8 Å². The number of hydrogen-bond donors (Lipinski definition) is 2. The Morgan fingerprint density at radius 1 is 1.38 bits per heavy atom. The van der Waals surface area contributed by atoms with Crippen LogP contribution in [0.4, 0.5) is 23.5 Å². The highest BCUT2D eigenvalue weighted by Crippen LogP contribution is 2.32. The first-order valence-corrected chi connectivity index (χ1v) is 8.79. The standard InChI is InChI=1S/C16H17F4N7O2/c1-8(16(18,19)20)29-14-13(9-4-22-23-5-9)21-6-12-25-15(26-27(12)14)24-11-2-3-28-7-10(11)17/h4-6,8,10-11H,2-3,7H2,1H3,(H,22,23)(H,24,26)/t8?,10-,11+/m1/s1. The van der Waals surface area contributed by atoms with Gasteiger partial charge in [0.05, 0.1) is 25.0 Å². The van der Waals surface area contributed by atoms with Crippen LogP contribution < -0.4 is 10.1 Å². The molecule has 4 heterocycles. The predicted molar refractivity (Wildman–Crippen MR) is 92.3 cm³/mol. The molecule has 13 heteroatoms. The number of aromatic nitrogens is 6. The van der Waals surface area contributed by atoms with E-state index in [4.69, 9.17) is 9.47 Å². The molecule has 0 bridgehead atoms. The summed E-state index contributed by atoms with van der Waals surface area (Å²) in [7, 11) is 0. The van der Waals surface area contributed by atoms with Gasteiger partial charge in [0, 0.05) is 18.4 Å². The maximum Gasteiger partial charge on any atom is 0.425 e. The Kier molecular flexibility index (Phi) is 4.98. The summed E-state index contributed by atoms with van der Waals surface area (Å²) < 4.78 is 64.6. The lowest BCUT2D eigenvalue weighted by Crippen LogP contribution is -2.39. The Morgan fingerprint density at radius 2 is 2.21 bits per heavy atom. The van der Waals surface area contributed by atoms with E-state index in [9.17, 15) is 17.6 Å². The van der Waals surface area contributed by atoms with Gasteiger partial charge in [-0.05, 0) is 13.3 Å². The van der Waals surface area contributed by atoms with Crippen LogP contribution in [0.1, 0.15) is 13.3 Å². The average molecular weight is 415 g/mol. The molecule has 3 aromatic rings. The molecule has 0 amide bonds. The van der Waals surface area contributed by atoms with Gasteiger partial charge < -0.3 is 14.8 Å². The summed E-state index contributed by atoms with van der Waals surface area (Å²) in [6.45, 7) is 1.22. The van der Waals surface area contributed by atoms with Crippen molar-refractivity contribution in [3.63, 3.8) is 0 Å². The molecular weight excluding hydrogens is 398 g/mol. The summed E-state index contributed by atoms with van der Waals surface area (Å²) in [5.74, 6) is -0.201. The van der Waals surface area contributed by atoms with Crippen molar-refractivity contribution in [2.75, 3.05) is 18.5 Å². The van der Waals surface area contributed by atoms with E-state index in [-0.39, 0.29) is 29.8 Å². The van der Waals surface area contributed by atoms with Gasteiger partial charge in [-0.3, -0.25) is 5.10 Å². The van der Waals surface area contributed by atoms with Crippen molar-refractivity contribution < 1.29 is 27.0 Å². The van der Waals surface area contributed by atoms with Gasteiger partial charge in [-0.25, -0.2) is 9.37 Å². The molecule has 9 nitrogen and oxygen atoms in total. The van der Waals surface area contributed by atoms with Crippen molar-refractivity contribution in [2.24, 2.45) is 0 Å². The second kappa shape index (κ2) is 7.46. The molecule has 1 saturated heterocycles. The van der Waals surface area contributed by atoms with Crippen LogP contribution in [0.25, 0.3) is 16.9 Å². The van der Waals surface area contributed by atoms with Crippen LogP contribution in [-0.2, 0) is 4.74 Å². The van der Waals surface area contributed by atoms with Gasteiger partial charge in [-0.15, -0.1) is 5.10 Å². The average Bonchev–Trinajstić information content (AvgIpc) is 3.32. The maximum atomic E-state index is 14.0. The van der Waals surface area contributed by atoms with Gasteiger partial charge in [0.15, 0.2) is 11.8 Å². The van der Waals surface area contributed by atoms with Crippen LogP contribution in [0, 0.1) is 0 Å². The first kappa shape index (κ1) is 19.4. The fourth-order valence-corrected chi connectivity index (χ4v) is 2.85. The number of halogens is 4. The Balaban J connectivity index is 1.73. The Labute approximate surface area is 161 Å². The summed E-state index contributed by atoms with van der Waals surface area (Å²) in [5, 5.41) is 13.4. The Bertz CT molecular complexity index is 976. The number of alkyl halides is 4. The summed E-state index contributed by atoms with van der Waals surface area (Å²) in [6, 6.07) is -0.569. The third-order valence-corrected chi connectivity index (χ3v) is 4.46. The topological polar surface area (TPSA) is 102 Å². The molecular formula is C16H17F4N7O2. The van der Waals surface area contributed by atoms with Crippen molar-refractivity contribution in [3.8, 4) is 17.1 Å². The number of aromatic amines is 1. The van der Waals surface area contributed by atoms with Crippen molar-refractivity contribution in [3.05, 3.63) is 18.6 Å². The molecule has 0 spiro atoms. The molecule has 3 aromatic heterocycles. The zero-order valence-electron chi connectivity index (χ0n) is 15.1. The lowest BCUT2D eigenvalue weighted by atomic mass is 10.1. The second-order valence-corrected chi connectivity index (χ2v) is 6.54. The molecule has 3 atom stereocenters. The van der Waals surface area contributed by atoms with Crippen molar-refractivity contribution in [2.45, 2.75) is 37.8 Å². The molecule has 1 fully saturated rings. The fraction of sp³-hybridized carbons (Fsp3) is 0.500. The minimum absolute atomic E-state index is 0.0469. The fourth-order valence-electron chi connectivity index (χ4n) is 2.85. The van der Waals surface area contributed by atoms with E-state index in [0.717, 1.165) is 11.4 Å². The molecule has 1 aliphatic heterocycles. The normalized spacial score (nSPS) is 21.3. The number of H-pyrrole nitrogens is 1. The van der Waals surface area contributed by atoms with Crippen LogP contribution in [-0.4, -0.2) is 67.5 Å². The zero-order valence-corrected chi connectivity index (χ0v) is 15.1. The van der Waals surface area contributed by atoms with E-state index in [1.807, 2.05) is 0 Å². The number of hydrogen-bond acceptors (Lipinski definition) is 7. The lowest BCUT2D eigenvalue weighted by molar-refractivity contribution is -0.190. The number of anilines is 1. The highest BCUT2D eigenvalue weighted by Gasteiger charge is 2.39. The highest BCUT2D eigenvalue weighted by atomic mass is 19.4. The highest BCUT2D eigenvalue weighted by molar-refractivity contribution is 5.65. The quantitative estimate of drug-likeness (QED) is 0.617. The summed E-state index contributed by atoms with van der Waals surface area (Å²) in [6.07, 6.45) is -3.37. The molecule has 0 saturated carbocycles. The van der Waals surface area contributed by atoms with Crippen LogP contribution in [0.2, 0.25) is 0 Å². The minimum atomic E-state index is -4.60. The molecule has 29 heavy (non-hydrogen) atoms. The third-order valence-electron chi connectivity index (χ3n) is 4.46. The Hall–Kier alpha value is -2.96. The smallest absolute Gasteiger partial charge is 0.425 e. The molecule has 0 aromatic carbocycles. The van der Waals surface area contributed by atoms with Crippen LogP contribution in [0.5, 0.6) is 5.88 Å². The molecule has 1 aliphatic rings. The summed E-state index contributed by atoms with van der Waals surface area (Å²) in [4.78, 5) is 8.34. The van der Waals surface area contributed by atoms with Gasteiger partial charge in [0.25, 0.3) is 0 Å². The maximum absolute atomic E-state index is 14.0. The number of ether oxygens (including phenoxy) is 2. The lowest BCUT2D eigenvalue weighted by Gasteiger charge is -2.26. The number of fused-ring (bicyclic) bond motifs is 1. The second-order valence-electron chi connectivity index (χ2n) is 6.54. The number of nitrogens with one attached hydrogen (secondary N) is 2. The first-order valence-electron chi connectivity index (χ1n) is 8.79. The van der Waals surface area contributed by atoms with Crippen molar-refractivity contribution >= 4 is 11.6 Å². The summed E-state index contributed by atoms with van der Waals surface area (Å²) in [5.41, 5.74) is 0.661. The number of rotatable bonds is 5. The van der Waals surface area contributed by atoms with Crippen LogP contribution in [0.15, 0.2) is 18.6 Å². The first-order chi connectivity index (χ1) is 13.8. The van der Waals surface area contributed by atoms with E-state index in [0.29, 0.717) is 18.6 Å². The minimum Gasteiger partial charge on any atom is -0.463 e. The molecule has 0 radical (unpaired) electrons. The van der Waals surface area contributed by atoms with E-state index >= 15 is 0 Å². The zero-order chi connectivity index (χ0) is 20.6. The van der Waals surface area contributed by atoms with Crippen LogP contribution in [0.3, 0.4) is 0 Å². The molecule has 0 aliphatic carbocycles. The Morgan fingerprint density at radius 3 is 2.90 bits per heavy atom. The molecule has 1 unspecified atom stereocenters. The number of nitrogens with zero attached hydrogens (tertiary/aromatic N) is 5. The van der Waals surface area contributed by atoms with E-state index in [1.54, 1.807) is 0 Å². The van der Waals surface area contributed by atoms with Crippen molar-refractivity contribution in [1.29, 1.82) is 0 Å². The van der Waals surface area contributed by atoms with Gasteiger partial charge in [-0.1, -0.05) is 0 Å². The van der Waals surface area contributed by atoms with Gasteiger partial charge in [0.1, 0.15) is 11.9 Å². The van der Waals surface area contributed by atoms with Crippen LogP contribution >= 0.6 is 0 Å². The van der Waals surface area contributed by atoms with Gasteiger partial charge >= 0.3 is 6.18 Å². The van der Waals surface area contributed by atoms with E-state index in [1.165, 1.54) is 18.6 Å². The predicted octanol–water partition coefficient (Wildman–Crippen LogP) is 2.38. The van der Waals surface area contributed by atoms with Crippen molar-refractivity contribution in [1.82, 2.24) is 29.8 Å².